The van der Waals surface area contributed by atoms with Gasteiger partial charge in [0.1, 0.15) is 22.7 Å². The molecule has 3 aromatic rings. The van der Waals surface area contributed by atoms with E-state index in [4.69, 9.17) is 16.3 Å². The van der Waals surface area contributed by atoms with E-state index in [1.807, 2.05) is 0 Å². The minimum absolute atomic E-state index is 0.0386. The molecule has 0 aliphatic rings. The minimum Gasteiger partial charge on any atom is -0.463 e. The SMILES string of the molecule is CCOC(=O)C=c1sc(=Cc2ccc(OC(F)F)cc2OC(F)F)c(=O)n1CC(=O)Nc1cccc(Cl)c1C. The zero-order chi connectivity index (χ0) is 28.7. The number of thiazole rings is 1. The monoisotopic (exact) mass is 588 g/mol. The van der Waals surface area contributed by atoms with E-state index < -0.39 is 48.7 Å². The van der Waals surface area contributed by atoms with Crippen LogP contribution in [0.3, 0.4) is 0 Å². The Bertz CT molecular complexity index is 1540. The van der Waals surface area contributed by atoms with Gasteiger partial charge in [0.2, 0.25) is 5.91 Å². The lowest BCUT2D eigenvalue weighted by Gasteiger charge is -2.11. The number of nitrogens with one attached hydrogen (secondary N) is 1. The zero-order valence-corrected chi connectivity index (χ0v) is 22.0. The standard InChI is InChI=1S/C25H21ClF4N2O6S/c1-3-36-22(34)11-21-32(12-20(33)31-17-6-4-5-16(26)13(17)2)23(35)19(39-21)9-14-7-8-15(37-24(27)28)10-18(14)38-25(29)30/h4-11,24-25H,3,12H2,1-2H3,(H,31,33). The highest BCUT2D eigenvalue weighted by molar-refractivity contribution is 7.07. The molecular weight excluding hydrogens is 568 g/mol. The number of halogens is 5. The second-order valence-electron chi connectivity index (χ2n) is 7.65. The molecule has 3 rings (SSSR count). The van der Waals surface area contributed by atoms with Crippen molar-refractivity contribution in [2.75, 3.05) is 11.9 Å². The van der Waals surface area contributed by atoms with Crippen LogP contribution in [0.15, 0.2) is 41.2 Å². The molecule has 2 aromatic carbocycles. The number of amides is 1. The summed E-state index contributed by atoms with van der Waals surface area (Å²) in [5, 5.41) is 3.06. The van der Waals surface area contributed by atoms with Crippen LogP contribution in [0.2, 0.25) is 5.02 Å². The maximum atomic E-state index is 13.2. The molecule has 0 fully saturated rings. The first-order valence-electron chi connectivity index (χ1n) is 11.2. The smallest absolute Gasteiger partial charge is 0.387 e. The van der Waals surface area contributed by atoms with Crippen LogP contribution in [-0.2, 0) is 20.9 Å². The lowest BCUT2D eigenvalue weighted by Crippen LogP contribution is -2.36. The molecule has 0 bridgehead atoms. The van der Waals surface area contributed by atoms with E-state index in [1.54, 1.807) is 32.0 Å². The summed E-state index contributed by atoms with van der Waals surface area (Å²) in [5.74, 6) is -2.36. The molecule has 0 unspecified atom stereocenters. The van der Waals surface area contributed by atoms with Crippen LogP contribution in [0.4, 0.5) is 23.2 Å². The Morgan fingerprint density at radius 1 is 1.13 bits per heavy atom. The fraction of sp³-hybridized carbons (Fsp3) is 0.240. The molecule has 1 aromatic heterocycles. The van der Waals surface area contributed by atoms with Crippen molar-refractivity contribution in [3.8, 4) is 11.5 Å². The van der Waals surface area contributed by atoms with Crippen molar-refractivity contribution in [3.63, 3.8) is 0 Å². The molecule has 208 valence electrons. The number of nitrogens with zero attached hydrogens (tertiary/aromatic N) is 1. The second-order valence-corrected chi connectivity index (χ2v) is 9.12. The Balaban J connectivity index is 2.08. The molecule has 0 saturated carbocycles. The van der Waals surface area contributed by atoms with Crippen molar-refractivity contribution < 1.29 is 41.4 Å². The first-order valence-corrected chi connectivity index (χ1v) is 12.4. The number of carbonyl (C=O) groups is 2. The molecule has 8 nitrogen and oxygen atoms in total. The van der Waals surface area contributed by atoms with Gasteiger partial charge in [0, 0.05) is 22.3 Å². The number of rotatable bonds is 10. The fourth-order valence-corrected chi connectivity index (χ4v) is 4.50. The van der Waals surface area contributed by atoms with Gasteiger partial charge in [0.05, 0.1) is 17.2 Å². The number of carbonyl (C=O) groups excluding carboxylic acids is 2. The average molecular weight is 589 g/mol. The van der Waals surface area contributed by atoms with Crippen LogP contribution in [-0.4, -0.2) is 36.3 Å². The molecule has 1 N–H and O–H groups in total. The van der Waals surface area contributed by atoms with Crippen LogP contribution >= 0.6 is 22.9 Å². The number of hydrogen-bond donors (Lipinski definition) is 1. The van der Waals surface area contributed by atoms with Gasteiger partial charge in [-0.2, -0.15) is 17.6 Å². The van der Waals surface area contributed by atoms with Gasteiger partial charge in [-0.1, -0.05) is 17.7 Å². The third-order valence-electron chi connectivity index (χ3n) is 5.02. The summed E-state index contributed by atoms with van der Waals surface area (Å²) in [4.78, 5) is 38.2. The maximum Gasteiger partial charge on any atom is 0.387 e. The van der Waals surface area contributed by atoms with Crippen LogP contribution in [0.5, 0.6) is 11.5 Å². The molecule has 1 amide bonds. The van der Waals surface area contributed by atoms with Gasteiger partial charge >= 0.3 is 19.2 Å². The third-order valence-corrected chi connectivity index (χ3v) is 6.49. The number of alkyl halides is 4. The summed E-state index contributed by atoms with van der Waals surface area (Å²) in [6.07, 6.45) is 2.18. The number of anilines is 1. The average Bonchev–Trinajstić information content (AvgIpc) is 3.11. The van der Waals surface area contributed by atoms with E-state index in [1.165, 1.54) is 0 Å². The Morgan fingerprint density at radius 3 is 2.51 bits per heavy atom. The largest absolute Gasteiger partial charge is 0.463 e. The number of benzene rings is 2. The van der Waals surface area contributed by atoms with Crippen molar-refractivity contribution in [1.29, 1.82) is 0 Å². The topological polar surface area (TPSA) is 95.9 Å². The minimum atomic E-state index is -3.30. The summed E-state index contributed by atoms with van der Waals surface area (Å²) < 4.78 is 65.6. The van der Waals surface area contributed by atoms with E-state index in [0.29, 0.717) is 16.3 Å². The normalized spacial score (nSPS) is 12.2. The molecule has 0 aliphatic heterocycles. The van der Waals surface area contributed by atoms with E-state index in [2.05, 4.69) is 14.8 Å². The maximum absolute atomic E-state index is 13.2. The molecular formula is C25H21ClF4N2O6S. The Kier molecular flexibility index (Phi) is 10.1. The highest BCUT2D eigenvalue weighted by Crippen LogP contribution is 2.28. The van der Waals surface area contributed by atoms with Crippen LogP contribution < -0.4 is 29.5 Å². The fourth-order valence-electron chi connectivity index (χ4n) is 3.30. The molecule has 0 atom stereocenters. The molecule has 0 saturated heterocycles. The molecule has 0 aliphatic carbocycles. The van der Waals surface area contributed by atoms with E-state index >= 15 is 0 Å². The first kappa shape index (κ1) is 29.7. The highest BCUT2D eigenvalue weighted by Gasteiger charge is 2.16. The van der Waals surface area contributed by atoms with Gasteiger partial charge in [-0.25, -0.2) is 4.79 Å². The van der Waals surface area contributed by atoms with Crippen molar-refractivity contribution in [2.45, 2.75) is 33.6 Å². The number of aromatic nitrogens is 1. The molecule has 39 heavy (non-hydrogen) atoms. The second kappa shape index (κ2) is 13.3. The third kappa shape index (κ3) is 8.07. The Hall–Kier alpha value is -3.84. The van der Waals surface area contributed by atoms with E-state index in [-0.39, 0.29) is 21.4 Å². The summed E-state index contributed by atoms with van der Waals surface area (Å²) in [7, 11) is 0. The number of esters is 1. The van der Waals surface area contributed by atoms with Gasteiger partial charge in [-0.05, 0) is 49.8 Å². The lowest BCUT2D eigenvalue weighted by molar-refractivity contribution is -0.135. The van der Waals surface area contributed by atoms with Gasteiger partial charge in [-0.3, -0.25) is 14.2 Å². The van der Waals surface area contributed by atoms with Crippen LogP contribution in [0.25, 0.3) is 12.2 Å². The highest BCUT2D eigenvalue weighted by atomic mass is 35.5. The Morgan fingerprint density at radius 2 is 1.85 bits per heavy atom. The van der Waals surface area contributed by atoms with E-state index in [0.717, 1.165) is 46.3 Å². The summed E-state index contributed by atoms with van der Waals surface area (Å²) in [6, 6.07) is 7.93. The van der Waals surface area contributed by atoms with Crippen molar-refractivity contribution in [2.24, 2.45) is 0 Å². The summed E-state index contributed by atoms with van der Waals surface area (Å²) >= 11 is 6.86. The van der Waals surface area contributed by atoms with Crippen molar-refractivity contribution in [1.82, 2.24) is 4.57 Å². The van der Waals surface area contributed by atoms with Gasteiger partial charge in [0.15, 0.2) is 0 Å². The van der Waals surface area contributed by atoms with Crippen LogP contribution in [0.1, 0.15) is 18.1 Å². The van der Waals surface area contributed by atoms with Gasteiger partial charge in [-0.15, -0.1) is 11.3 Å². The van der Waals surface area contributed by atoms with Crippen LogP contribution in [0, 0.1) is 6.92 Å². The quantitative estimate of drug-likeness (QED) is 0.285. The van der Waals surface area contributed by atoms with Gasteiger partial charge < -0.3 is 19.5 Å². The van der Waals surface area contributed by atoms with Crippen molar-refractivity contribution in [3.05, 3.63) is 72.1 Å². The summed E-state index contributed by atoms with van der Waals surface area (Å²) in [6.45, 7) is -3.68. The predicted octanol–water partition coefficient (Wildman–Crippen LogP) is 3.89. The van der Waals surface area contributed by atoms with E-state index in [9.17, 15) is 31.9 Å². The van der Waals surface area contributed by atoms with Crippen molar-refractivity contribution >= 4 is 52.7 Å². The first-order chi connectivity index (χ1) is 18.5. The lowest BCUT2D eigenvalue weighted by atomic mass is 10.2. The number of hydrogen-bond acceptors (Lipinski definition) is 7. The van der Waals surface area contributed by atoms with Gasteiger partial charge in [0.25, 0.3) is 5.56 Å². The summed E-state index contributed by atoms with van der Waals surface area (Å²) in [5.41, 5.74) is 0.218. The predicted molar refractivity (Wildman–Crippen MR) is 137 cm³/mol. The number of ether oxygens (including phenoxy) is 3. The zero-order valence-electron chi connectivity index (χ0n) is 20.4. The molecule has 0 radical (unpaired) electrons. The Labute approximate surface area is 227 Å². The molecule has 14 heteroatoms. The molecule has 0 spiro atoms. The molecule has 1 heterocycles.